The number of aromatic nitrogens is 2. The summed E-state index contributed by atoms with van der Waals surface area (Å²) in [6.45, 7) is 3.72. The number of amides is 1. The zero-order valence-corrected chi connectivity index (χ0v) is 18.2. The Bertz CT molecular complexity index is 1220. The molecule has 0 aliphatic heterocycles. The number of hydrogen-bond acceptors (Lipinski definition) is 2. The summed E-state index contributed by atoms with van der Waals surface area (Å²) >= 11 is 2.23. The summed E-state index contributed by atoms with van der Waals surface area (Å²) in [5, 5.41) is 2.94. The van der Waals surface area contributed by atoms with E-state index in [1.807, 2.05) is 53.9 Å². The molecule has 4 aromatic rings. The van der Waals surface area contributed by atoms with E-state index in [1.54, 1.807) is 19.1 Å². The van der Waals surface area contributed by atoms with E-state index in [0.29, 0.717) is 11.3 Å². The van der Waals surface area contributed by atoms with E-state index in [0.717, 1.165) is 31.7 Å². The molecular formula is C23H19FIN3O. The van der Waals surface area contributed by atoms with Crippen LogP contribution in [0.4, 0.5) is 10.1 Å². The maximum absolute atomic E-state index is 13.8. The van der Waals surface area contributed by atoms with Crippen LogP contribution in [0.3, 0.4) is 0 Å². The van der Waals surface area contributed by atoms with Crippen LogP contribution < -0.4 is 5.32 Å². The Balaban J connectivity index is 1.74. The number of nitrogens with zero attached hydrogens (tertiary/aromatic N) is 2. The van der Waals surface area contributed by atoms with Crippen LogP contribution in [0.1, 0.15) is 16.8 Å². The van der Waals surface area contributed by atoms with Gasteiger partial charge in [0.2, 0.25) is 5.91 Å². The first-order valence-corrected chi connectivity index (χ1v) is 10.3. The first-order chi connectivity index (χ1) is 13.9. The first kappa shape index (κ1) is 19.6. The third kappa shape index (κ3) is 4.17. The summed E-state index contributed by atoms with van der Waals surface area (Å²) in [6.07, 6.45) is 2.12. The van der Waals surface area contributed by atoms with Gasteiger partial charge in [0, 0.05) is 21.0 Å². The molecule has 4 rings (SSSR count). The zero-order chi connectivity index (χ0) is 20.5. The second kappa shape index (κ2) is 7.94. The highest BCUT2D eigenvalue weighted by molar-refractivity contribution is 14.1. The molecule has 1 N–H and O–H groups in total. The smallest absolute Gasteiger partial charge is 0.230 e. The van der Waals surface area contributed by atoms with Crippen molar-refractivity contribution in [1.29, 1.82) is 0 Å². The van der Waals surface area contributed by atoms with Gasteiger partial charge in [-0.2, -0.15) is 0 Å². The van der Waals surface area contributed by atoms with Crippen LogP contribution in [0.2, 0.25) is 0 Å². The number of pyridine rings is 1. The molecule has 6 heteroatoms. The maximum atomic E-state index is 13.8. The molecule has 1 amide bonds. The maximum Gasteiger partial charge on any atom is 0.230 e. The Morgan fingerprint density at radius 1 is 1.10 bits per heavy atom. The van der Waals surface area contributed by atoms with Gasteiger partial charge in [-0.15, -0.1) is 0 Å². The minimum absolute atomic E-state index is 0.130. The SMILES string of the molecule is Cc1ccc2nc(-c3ccc(F)c(C)c3)c(CC(=O)Nc3ccc(I)cc3)n2c1. The van der Waals surface area contributed by atoms with E-state index >= 15 is 0 Å². The molecule has 0 unspecified atom stereocenters. The molecule has 0 saturated carbocycles. The molecule has 0 aliphatic carbocycles. The fourth-order valence-electron chi connectivity index (χ4n) is 3.28. The van der Waals surface area contributed by atoms with Gasteiger partial charge in [-0.1, -0.05) is 6.07 Å². The topological polar surface area (TPSA) is 46.4 Å². The number of rotatable bonds is 4. The summed E-state index contributed by atoms with van der Waals surface area (Å²) in [4.78, 5) is 17.5. The largest absolute Gasteiger partial charge is 0.326 e. The van der Waals surface area contributed by atoms with E-state index in [9.17, 15) is 9.18 Å². The summed E-state index contributed by atoms with van der Waals surface area (Å²) in [6, 6.07) is 16.5. The van der Waals surface area contributed by atoms with Crippen LogP contribution in [0.25, 0.3) is 16.9 Å². The summed E-state index contributed by atoms with van der Waals surface area (Å²) in [5.41, 5.74) is 5.38. The average molecular weight is 499 g/mol. The van der Waals surface area contributed by atoms with Gasteiger partial charge in [0.05, 0.1) is 17.8 Å². The molecular weight excluding hydrogens is 480 g/mol. The number of carbonyl (C=O) groups is 1. The molecule has 2 aromatic carbocycles. The lowest BCUT2D eigenvalue weighted by molar-refractivity contribution is -0.115. The number of benzene rings is 2. The molecule has 0 aliphatic rings. The van der Waals surface area contributed by atoms with Gasteiger partial charge in [-0.05, 0) is 96.1 Å². The van der Waals surface area contributed by atoms with Crippen molar-refractivity contribution in [2.45, 2.75) is 20.3 Å². The number of aryl methyl sites for hydroxylation is 2. The molecule has 2 heterocycles. The lowest BCUT2D eigenvalue weighted by Crippen LogP contribution is -2.16. The predicted molar refractivity (Wildman–Crippen MR) is 122 cm³/mol. The van der Waals surface area contributed by atoms with Gasteiger partial charge in [-0.3, -0.25) is 4.79 Å². The van der Waals surface area contributed by atoms with Crippen LogP contribution in [-0.4, -0.2) is 15.3 Å². The van der Waals surface area contributed by atoms with Crippen molar-refractivity contribution in [3.8, 4) is 11.3 Å². The van der Waals surface area contributed by atoms with Gasteiger partial charge >= 0.3 is 0 Å². The highest BCUT2D eigenvalue weighted by Crippen LogP contribution is 2.27. The summed E-state index contributed by atoms with van der Waals surface area (Å²) < 4.78 is 16.8. The molecule has 4 nitrogen and oxygen atoms in total. The normalized spacial score (nSPS) is 11.0. The van der Waals surface area contributed by atoms with Gasteiger partial charge in [0.15, 0.2) is 0 Å². The van der Waals surface area contributed by atoms with E-state index in [1.165, 1.54) is 6.07 Å². The second-order valence-electron chi connectivity index (χ2n) is 7.04. The number of anilines is 1. The highest BCUT2D eigenvalue weighted by atomic mass is 127. The third-order valence-electron chi connectivity index (χ3n) is 4.75. The van der Waals surface area contributed by atoms with Gasteiger partial charge in [-0.25, -0.2) is 9.37 Å². The Morgan fingerprint density at radius 3 is 2.59 bits per heavy atom. The van der Waals surface area contributed by atoms with Crippen LogP contribution in [0, 0.1) is 23.2 Å². The standard InChI is InChI=1S/C23H19FIN3O/c1-14-3-10-21-27-23(16-4-9-19(24)15(2)11-16)20(28(21)13-14)12-22(29)26-18-7-5-17(25)6-8-18/h3-11,13H,12H2,1-2H3,(H,26,29). The second-order valence-corrected chi connectivity index (χ2v) is 8.28. The van der Waals surface area contributed by atoms with E-state index < -0.39 is 0 Å². The van der Waals surface area contributed by atoms with Crippen molar-refractivity contribution in [3.63, 3.8) is 0 Å². The monoisotopic (exact) mass is 499 g/mol. The van der Waals surface area contributed by atoms with Crippen molar-refractivity contribution in [3.05, 3.63) is 87.0 Å². The Kier molecular flexibility index (Phi) is 5.36. The fraction of sp³-hybridized carbons (Fsp3) is 0.130. The van der Waals surface area contributed by atoms with Crippen LogP contribution in [-0.2, 0) is 11.2 Å². The highest BCUT2D eigenvalue weighted by Gasteiger charge is 2.18. The number of halogens is 2. The molecule has 0 spiro atoms. The van der Waals surface area contributed by atoms with E-state index in [-0.39, 0.29) is 18.1 Å². The van der Waals surface area contributed by atoms with Gasteiger partial charge in [0.25, 0.3) is 0 Å². The molecule has 2 aromatic heterocycles. The first-order valence-electron chi connectivity index (χ1n) is 9.20. The number of imidazole rings is 1. The van der Waals surface area contributed by atoms with Crippen molar-refractivity contribution in [2.24, 2.45) is 0 Å². The Hall–Kier alpha value is -2.74. The van der Waals surface area contributed by atoms with Gasteiger partial charge < -0.3 is 9.72 Å². The van der Waals surface area contributed by atoms with Crippen molar-refractivity contribution >= 4 is 39.8 Å². The van der Waals surface area contributed by atoms with Crippen molar-refractivity contribution < 1.29 is 9.18 Å². The Labute approximate surface area is 181 Å². The Morgan fingerprint density at radius 2 is 1.86 bits per heavy atom. The molecule has 0 atom stereocenters. The van der Waals surface area contributed by atoms with E-state index in [2.05, 4.69) is 27.9 Å². The number of carbonyl (C=O) groups excluding carboxylic acids is 1. The molecule has 29 heavy (non-hydrogen) atoms. The van der Waals surface area contributed by atoms with Crippen LogP contribution >= 0.6 is 22.6 Å². The number of fused-ring (bicyclic) bond motifs is 1. The summed E-state index contributed by atoms with van der Waals surface area (Å²) in [5.74, 6) is -0.388. The average Bonchev–Trinajstić information content (AvgIpc) is 3.03. The number of nitrogens with one attached hydrogen (secondary N) is 1. The van der Waals surface area contributed by atoms with Crippen LogP contribution in [0.5, 0.6) is 0 Å². The predicted octanol–water partition coefficient (Wildman–Crippen LogP) is 5.54. The minimum Gasteiger partial charge on any atom is -0.326 e. The lowest BCUT2D eigenvalue weighted by atomic mass is 10.1. The van der Waals surface area contributed by atoms with Gasteiger partial charge in [0.1, 0.15) is 11.5 Å². The fourth-order valence-corrected chi connectivity index (χ4v) is 3.64. The van der Waals surface area contributed by atoms with Crippen molar-refractivity contribution in [1.82, 2.24) is 9.38 Å². The van der Waals surface area contributed by atoms with Crippen LogP contribution in [0.15, 0.2) is 60.8 Å². The number of hydrogen-bond donors (Lipinski definition) is 1. The lowest BCUT2D eigenvalue weighted by Gasteiger charge is -2.09. The molecule has 146 valence electrons. The minimum atomic E-state index is -0.258. The zero-order valence-electron chi connectivity index (χ0n) is 16.0. The molecule has 0 bridgehead atoms. The van der Waals surface area contributed by atoms with Crippen molar-refractivity contribution in [2.75, 3.05) is 5.32 Å². The molecule has 0 radical (unpaired) electrons. The summed E-state index contributed by atoms with van der Waals surface area (Å²) in [7, 11) is 0. The van der Waals surface area contributed by atoms with E-state index in [4.69, 9.17) is 4.98 Å². The molecule has 0 fully saturated rings. The third-order valence-corrected chi connectivity index (χ3v) is 5.47. The molecule has 0 saturated heterocycles. The quantitative estimate of drug-likeness (QED) is 0.375.